The lowest BCUT2D eigenvalue weighted by atomic mass is 9.88. The summed E-state index contributed by atoms with van der Waals surface area (Å²) < 4.78 is 0. The van der Waals surface area contributed by atoms with Crippen molar-refractivity contribution in [3.05, 3.63) is 35.9 Å². The van der Waals surface area contributed by atoms with Crippen molar-refractivity contribution in [1.82, 2.24) is 10.2 Å². The Kier molecular flexibility index (Phi) is 5.05. The molecule has 2 fully saturated rings. The number of carbonyl (C=O) groups is 1. The lowest BCUT2D eigenvalue weighted by molar-refractivity contribution is -0.134. The minimum atomic E-state index is 0.169. The number of amides is 1. The molecule has 3 atom stereocenters. The fraction of sp³-hybridized carbons (Fsp3) is 0.650. The van der Waals surface area contributed by atoms with Crippen LogP contribution in [0.2, 0.25) is 0 Å². The zero-order valence-electron chi connectivity index (χ0n) is 14.7. The van der Waals surface area contributed by atoms with Gasteiger partial charge in [0.15, 0.2) is 0 Å². The summed E-state index contributed by atoms with van der Waals surface area (Å²) in [6.07, 6.45) is 5.65. The molecule has 2 aliphatic heterocycles. The van der Waals surface area contributed by atoms with E-state index in [1.807, 2.05) is 18.0 Å². The molecule has 0 spiro atoms. The monoisotopic (exact) mass is 314 g/mol. The Morgan fingerprint density at radius 2 is 1.78 bits per heavy atom. The van der Waals surface area contributed by atoms with Crippen LogP contribution in [0.4, 0.5) is 0 Å². The summed E-state index contributed by atoms with van der Waals surface area (Å²) >= 11 is 0. The van der Waals surface area contributed by atoms with Crippen LogP contribution in [-0.2, 0) is 4.79 Å². The van der Waals surface area contributed by atoms with E-state index in [2.05, 4.69) is 43.4 Å². The van der Waals surface area contributed by atoms with Gasteiger partial charge in [0, 0.05) is 25.6 Å². The van der Waals surface area contributed by atoms with Crippen LogP contribution in [0.25, 0.3) is 0 Å². The fourth-order valence-electron chi connectivity index (χ4n) is 4.59. The molecule has 1 aromatic carbocycles. The average Bonchev–Trinajstić information content (AvgIpc) is 2.87. The minimum absolute atomic E-state index is 0.169. The molecule has 1 N–H and O–H groups in total. The molecule has 2 bridgehead atoms. The molecule has 0 aromatic heterocycles. The van der Waals surface area contributed by atoms with Crippen molar-refractivity contribution in [3.63, 3.8) is 0 Å². The van der Waals surface area contributed by atoms with Crippen LogP contribution in [0.3, 0.4) is 0 Å². The third kappa shape index (κ3) is 3.77. The Morgan fingerprint density at radius 3 is 2.35 bits per heavy atom. The van der Waals surface area contributed by atoms with Crippen molar-refractivity contribution in [2.75, 3.05) is 7.05 Å². The van der Waals surface area contributed by atoms with E-state index in [1.165, 1.54) is 31.2 Å². The number of nitrogens with one attached hydrogen (secondary N) is 1. The molecule has 2 heterocycles. The molecule has 3 heteroatoms. The molecule has 2 saturated heterocycles. The van der Waals surface area contributed by atoms with E-state index in [4.69, 9.17) is 0 Å². The SMILES string of the molecule is CC(C)C(c1ccccc1)N(C)C(=O)CC1CC2CCC(C1)N2. The molecular weight excluding hydrogens is 284 g/mol. The summed E-state index contributed by atoms with van der Waals surface area (Å²) in [5.41, 5.74) is 1.24. The van der Waals surface area contributed by atoms with Crippen molar-refractivity contribution in [2.24, 2.45) is 11.8 Å². The Morgan fingerprint density at radius 1 is 1.17 bits per heavy atom. The lowest BCUT2D eigenvalue weighted by Gasteiger charge is -2.34. The predicted molar refractivity (Wildman–Crippen MR) is 94.1 cm³/mol. The van der Waals surface area contributed by atoms with Crippen LogP contribution >= 0.6 is 0 Å². The number of carbonyl (C=O) groups excluding carboxylic acids is 1. The summed E-state index contributed by atoms with van der Waals surface area (Å²) in [5.74, 6) is 1.28. The number of nitrogens with zero attached hydrogens (tertiary/aromatic N) is 1. The molecule has 23 heavy (non-hydrogen) atoms. The van der Waals surface area contributed by atoms with Crippen LogP contribution in [0.5, 0.6) is 0 Å². The molecule has 0 aliphatic carbocycles. The highest BCUT2D eigenvalue weighted by molar-refractivity contribution is 5.76. The standard InChI is InChI=1S/C20H30N2O/c1-14(2)20(16-7-5-4-6-8-16)22(3)19(23)13-15-11-17-9-10-18(12-15)21-17/h4-8,14-15,17-18,20-21H,9-13H2,1-3H3. The smallest absolute Gasteiger partial charge is 0.223 e. The number of hydrogen-bond acceptors (Lipinski definition) is 2. The first kappa shape index (κ1) is 16.5. The van der Waals surface area contributed by atoms with Gasteiger partial charge < -0.3 is 10.2 Å². The number of piperidine rings is 1. The zero-order chi connectivity index (χ0) is 16.4. The summed E-state index contributed by atoms with van der Waals surface area (Å²) in [4.78, 5) is 14.9. The van der Waals surface area contributed by atoms with Gasteiger partial charge in [0.25, 0.3) is 0 Å². The normalized spacial score (nSPS) is 27.9. The maximum atomic E-state index is 12.9. The maximum Gasteiger partial charge on any atom is 0.223 e. The molecule has 0 saturated carbocycles. The van der Waals surface area contributed by atoms with Crippen molar-refractivity contribution in [1.29, 1.82) is 0 Å². The van der Waals surface area contributed by atoms with E-state index in [0.717, 1.165) is 0 Å². The fourth-order valence-corrected chi connectivity index (χ4v) is 4.59. The molecule has 126 valence electrons. The summed E-state index contributed by atoms with van der Waals surface area (Å²) in [6.45, 7) is 4.40. The van der Waals surface area contributed by atoms with Crippen LogP contribution in [0.15, 0.2) is 30.3 Å². The molecule has 0 radical (unpaired) electrons. The first-order valence-electron chi connectivity index (χ1n) is 9.11. The van der Waals surface area contributed by atoms with Crippen molar-refractivity contribution >= 4 is 5.91 Å². The van der Waals surface area contributed by atoms with Crippen molar-refractivity contribution in [3.8, 4) is 0 Å². The molecule has 1 aromatic rings. The Hall–Kier alpha value is -1.35. The maximum absolute atomic E-state index is 12.9. The van der Waals surface area contributed by atoms with E-state index in [0.29, 0.717) is 36.2 Å². The Labute approximate surface area is 140 Å². The van der Waals surface area contributed by atoms with Gasteiger partial charge in [-0.25, -0.2) is 0 Å². The molecule has 3 nitrogen and oxygen atoms in total. The van der Waals surface area contributed by atoms with Gasteiger partial charge in [-0.05, 0) is 43.1 Å². The van der Waals surface area contributed by atoms with E-state index < -0.39 is 0 Å². The average molecular weight is 314 g/mol. The van der Waals surface area contributed by atoms with E-state index >= 15 is 0 Å². The van der Waals surface area contributed by atoms with Crippen LogP contribution in [0.1, 0.15) is 57.6 Å². The summed E-state index contributed by atoms with van der Waals surface area (Å²) in [5, 5.41) is 3.66. The van der Waals surface area contributed by atoms with Gasteiger partial charge in [-0.15, -0.1) is 0 Å². The second-order valence-corrected chi connectivity index (χ2v) is 7.78. The quantitative estimate of drug-likeness (QED) is 0.897. The highest BCUT2D eigenvalue weighted by Gasteiger charge is 2.35. The van der Waals surface area contributed by atoms with Gasteiger partial charge >= 0.3 is 0 Å². The van der Waals surface area contributed by atoms with Gasteiger partial charge in [0.2, 0.25) is 5.91 Å². The molecule has 3 unspecified atom stereocenters. The Bertz CT molecular complexity index is 516. The van der Waals surface area contributed by atoms with Crippen LogP contribution in [0, 0.1) is 11.8 Å². The van der Waals surface area contributed by atoms with E-state index in [1.54, 1.807) is 0 Å². The van der Waals surface area contributed by atoms with Crippen molar-refractivity contribution in [2.45, 2.75) is 64.1 Å². The second-order valence-electron chi connectivity index (χ2n) is 7.78. The highest BCUT2D eigenvalue weighted by Crippen LogP contribution is 2.34. The molecule has 1 amide bonds. The number of benzene rings is 1. The summed E-state index contributed by atoms with van der Waals surface area (Å²) in [6, 6.07) is 11.9. The van der Waals surface area contributed by atoms with Gasteiger partial charge in [-0.2, -0.15) is 0 Å². The van der Waals surface area contributed by atoms with Crippen LogP contribution in [-0.4, -0.2) is 29.9 Å². The third-order valence-electron chi connectivity index (χ3n) is 5.62. The molecular formula is C20H30N2O. The van der Waals surface area contributed by atoms with Crippen molar-refractivity contribution < 1.29 is 4.79 Å². The molecule has 3 rings (SSSR count). The number of rotatable bonds is 5. The summed E-state index contributed by atoms with van der Waals surface area (Å²) in [7, 11) is 1.98. The lowest BCUT2D eigenvalue weighted by Crippen LogP contribution is -2.41. The topological polar surface area (TPSA) is 32.3 Å². The molecule has 2 aliphatic rings. The van der Waals surface area contributed by atoms with E-state index in [9.17, 15) is 4.79 Å². The first-order valence-corrected chi connectivity index (χ1v) is 9.11. The number of hydrogen-bond donors (Lipinski definition) is 1. The highest BCUT2D eigenvalue weighted by atomic mass is 16.2. The second kappa shape index (κ2) is 7.04. The van der Waals surface area contributed by atoms with Gasteiger partial charge in [-0.3, -0.25) is 4.79 Å². The predicted octanol–water partition coefficient (Wildman–Crippen LogP) is 3.76. The minimum Gasteiger partial charge on any atom is -0.338 e. The van der Waals surface area contributed by atoms with Gasteiger partial charge in [0.1, 0.15) is 0 Å². The largest absolute Gasteiger partial charge is 0.338 e. The zero-order valence-corrected chi connectivity index (χ0v) is 14.7. The van der Waals surface area contributed by atoms with E-state index in [-0.39, 0.29) is 6.04 Å². The third-order valence-corrected chi connectivity index (χ3v) is 5.62. The first-order chi connectivity index (χ1) is 11.0. The van der Waals surface area contributed by atoms with Gasteiger partial charge in [-0.1, -0.05) is 44.2 Å². The van der Waals surface area contributed by atoms with Gasteiger partial charge in [0.05, 0.1) is 6.04 Å². The number of fused-ring (bicyclic) bond motifs is 2. The van der Waals surface area contributed by atoms with Crippen LogP contribution < -0.4 is 5.32 Å². The Balaban J connectivity index is 1.65.